The molecule has 1 aromatic carbocycles. The van der Waals surface area contributed by atoms with Gasteiger partial charge in [0.25, 0.3) is 0 Å². The minimum Gasteiger partial charge on any atom is -0.493 e. The van der Waals surface area contributed by atoms with Gasteiger partial charge in [-0.15, -0.1) is 0 Å². The molecule has 1 fully saturated rings. The predicted molar refractivity (Wildman–Crippen MR) is 86.4 cm³/mol. The molecule has 2 aliphatic heterocycles. The zero-order valence-electron chi connectivity index (χ0n) is 13.4. The summed E-state index contributed by atoms with van der Waals surface area (Å²) in [4.78, 5) is 0. The quantitative estimate of drug-likeness (QED) is 0.743. The second kappa shape index (κ2) is 6.97. The van der Waals surface area contributed by atoms with Crippen molar-refractivity contribution < 1.29 is 22.6 Å². The first-order chi connectivity index (χ1) is 11.0. The number of hydrogen-bond acceptors (Lipinski definition) is 5. The molecule has 2 heterocycles. The highest BCUT2D eigenvalue weighted by atomic mass is 32.2. The lowest BCUT2D eigenvalue weighted by Crippen LogP contribution is -2.39. The predicted octanol–water partition coefficient (Wildman–Crippen LogP) is 2.25. The second-order valence-corrected chi connectivity index (χ2v) is 8.20. The van der Waals surface area contributed by atoms with E-state index in [1.54, 1.807) is 22.5 Å². The molecule has 0 spiro atoms. The maximum Gasteiger partial charge on any atom is 0.231 e. The van der Waals surface area contributed by atoms with E-state index in [4.69, 9.17) is 14.2 Å². The Kier molecular flexibility index (Phi) is 4.96. The van der Waals surface area contributed by atoms with E-state index in [9.17, 15) is 8.42 Å². The van der Waals surface area contributed by atoms with Crippen molar-refractivity contribution in [3.63, 3.8) is 0 Å². The molecule has 7 heteroatoms. The summed E-state index contributed by atoms with van der Waals surface area (Å²) in [6.45, 7) is 4.05. The van der Waals surface area contributed by atoms with Crippen molar-refractivity contribution >= 4 is 10.0 Å². The van der Waals surface area contributed by atoms with Crippen LogP contribution >= 0.6 is 0 Å². The van der Waals surface area contributed by atoms with Gasteiger partial charge in [-0.05, 0) is 37.3 Å². The van der Waals surface area contributed by atoms with E-state index < -0.39 is 10.0 Å². The molecule has 0 saturated carbocycles. The Morgan fingerprint density at radius 1 is 1.22 bits per heavy atom. The summed E-state index contributed by atoms with van der Waals surface area (Å²) in [6, 6.07) is 5.36. The molecule has 0 unspecified atom stereocenters. The monoisotopic (exact) mass is 341 g/mol. The van der Waals surface area contributed by atoms with Crippen molar-refractivity contribution in [2.75, 3.05) is 32.2 Å². The molecule has 0 atom stereocenters. The minimum atomic E-state index is -3.16. The Labute approximate surface area is 137 Å². The Bertz CT molecular complexity index is 638. The minimum absolute atomic E-state index is 0.131. The van der Waals surface area contributed by atoms with Crippen molar-refractivity contribution in [1.29, 1.82) is 0 Å². The van der Waals surface area contributed by atoms with Gasteiger partial charge in [-0.25, -0.2) is 12.7 Å². The molecule has 2 aliphatic rings. The molecule has 0 amide bonds. The Morgan fingerprint density at radius 3 is 2.74 bits per heavy atom. The average molecular weight is 341 g/mol. The van der Waals surface area contributed by atoms with E-state index in [1.807, 2.05) is 0 Å². The summed E-state index contributed by atoms with van der Waals surface area (Å²) < 4.78 is 42.3. The summed E-state index contributed by atoms with van der Waals surface area (Å²) in [6.07, 6.45) is 2.38. The molecular weight excluding hydrogens is 318 g/mol. The fourth-order valence-electron chi connectivity index (χ4n) is 2.79. The smallest absolute Gasteiger partial charge is 0.231 e. The normalized spacial score (nSPS) is 19.0. The summed E-state index contributed by atoms with van der Waals surface area (Å²) in [5, 5.41) is 0. The third-order valence-electron chi connectivity index (χ3n) is 4.30. The topological polar surface area (TPSA) is 65.1 Å². The molecule has 0 N–H and O–H groups in total. The van der Waals surface area contributed by atoms with Crippen LogP contribution in [0.15, 0.2) is 18.2 Å². The Hall–Kier alpha value is -1.47. The number of rotatable bonds is 6. The molecule has 0 bridgehead atoms. The van der Waals surface area contributed by atoms with Crippen LogP contribution in [0.2, 0.25) is 0 Å². The van der Waals surface area contributed by atoms with Gasteiger partial charge >= 0.3 is 0 Å². The lowest BCUT2D eigenvalue weighted by molar-refractivity contribution is 0.173. The molecule has 6 nitrogen and oxygen atoms in total. The number of hydrogen-bond donors (Lipinski definition) is 0. The van der Waals surface area contributed by atoms with Crippen molar-refractivity contribution in [2.24, 2.45) is 5.92 Å². The molecule has 3 rings (SSSR count). The number of sulfonamides is 1. The fraction of sp³-hybridized carbons (Fsp3) is 0.625. The van der Waals surface area contributed by atoms with Crippen molar-refractivity contribution in [3.05, 3.63) is 18.2 Å². The zero-order chi connectivity index (χ0) is 16.3. The maximum atomic E-state index is 12.3. The lowest BCUT2D eigenvalue weighted by Gasteiger charge is -2.29. The van der Waals surface area contributed by atoms with Gasteiger partial charge in [0, 0.05) is 19.2 Å². The first kappa shape index (κ1) is 16.4. The summed E-state index contributed by atoms with van der Waals surface area (Å²) in [5.41, 5.74) is 0. The standard InChI is InChI=1S/C16H23NO5S/c1-13-5-7-17(8-6-13)23(18,19)10-2-9-20-14-3-4-15-16(11-14)22-12-21-15/h3-4,11,13H,2,5-10,12H2,1H3. The van der Waals surface area contributed by atoms with Crippen LogP contribution in [-0.4, -0.2) is 45.0 Å². The fourth-order valence-corrected chi connectivity index (χ4v) is 4.30. The number of fused-ring (bicyclic) bond motifs is 1. The van der Waals surface area contributed by atoms with Crippen LogP contribution in [-0.2, 0) is 10.0 Å². The van der Waals surface area contributed by atoms with Gasteiger partial charge in [0.2, 0.25) is 16.8 Å². The van der Waals surface area contributed by atoms with Gasteiger partial charge in [0.05, 0.1) is 12.4 Å². The van der Waals surface area contributed by atoms with Gasteiger partial charge in [-0.2, -0.15) is 0 Å². The molecule has 0 aliphatic carbocycles. The zero-order valence-corrected chi connectivity index (χ0v) is 14.2. The van der Waals surface area contributed by atoms with E-state index >= 15 is 0 Å². The number of ether oxygens (including phenoxy) is 3. The third kappa shape index (κ3) is 4.09. The molecular formula is C16H23NO5S. The van der Waals surface area contributed by atoms with Crippen molar-refractivity contribution in [2.45, 2.75) is 26.2 Å². The van der Waals surface area contributed by atoms with Crippen LogP contribution in [0.3, 0.4) is 0 Å². The number of benzene rings is 1. The third-order valence-corrected chi connectivity index (χ3v) is 6.25. The maximum absolute atomic E-state index is 12.3. The molecule has 128 valence electrons. The van der Waals surface area contributed by atoms with Crippen molar-refractivity contribution in [3.8, 4) is 17.2 Å². The van der Waals surface area contributed by atoms with Gasteiger partial charge in [0.15, 0.2) is 11.5 Å². The number of piperidine rings is 1. The van der Waals surface area contributed by atoms with Crippen LogP contribution in [0.25, 0.3) is 0 Å². The van der Waals surface area contributed by atoms with E-state index in [2.05, 4.69) is 6.92 Å². The van der Waals surface area contributed by atoms with Gasteiger partial charge in [0.1, 0.15) is 5.75 Å². The molecule has 23 heavy (non-hydrogen) atoms. The Morgan fingerprint density at radius 2 is 1.96 bits per heavy atom. The summed E-state index contributed by atoms with van der Waals surface area (Å²) in [7, 11) is -3.16. The molecule has 1 saturated heterocycles. The highest BCUT2D eigenvalue weighted by molar-refractivity contribution is 7.89. The highest BCUT2D eigenvalue weighted by Crippen LogP contribution is 2.35. The molecule has 1 aromatic rings. The SMILES string of the molecule is CC1CCN(S(=O)(=O)CCCOc2ccc3c(c2)OCO3)CC1. The van der Waals surface area contributed by atoms with Crippen LogP contribution in [0, 0.1) is 5.92 Å². The lowest BCUT2D eigenvalue weighted by atomic mass is 10.0. The van der Waals surface area contributed by atoms with Gasteiger partial charge in [-0.3, -0.25) is 0 Å². The summed E-state index contributed by atoms with van der Waals surface area (Å²) in [5.74, 6) is 2.79. The van der Waals surface area contributed by atoms with Crippen LogP contribution < -0.4 is 14.2 Å². The highest BCUT2D eigenvalue weighted by Gasteiger charge is 2.25. The first-order valence-electron chi connectivity index (χ1n) is 8.05. The summed E-state index contributed by atoms with van der Waals surface area (Å²) >= 11 is 0. The molecule has 0 aromatic heterocycles. The van der Waals surface area contributed by atoms with E-state index in [0.29, 0.717) is 49.3 Å². The largest absolute Gasteiger partial charge is 0.493 e. The van der Waals surface area contributed by atoms with Crippen LogP contribution in [0.4, 0.5) is 0 Å². The van der Waals surface area contributed by atoms with Gasteiger partial charge < -0.3 is 14.2 Å². The molecule has 0 radical (unpaired) electrons. The van der Waals surface area contributed by atoms with Crippen molar-refractivity contribution in [1.82, 2.24) is 4.31 Å². The van der Waals surface area contributed by atoms with E-state index in [0.717, 1.165) is 12.8 Å². The first-order valence-corrected chi connectivity index (χ1v) is 9.66. The van der Waals surface area contributed by atoms with E-state index in [1.165, 1.54) is 0 Å². The number of nitrogens with zero attached hydrogens (tertiary/aromatic N) is 1. The van der Waals surface area contributed by atoms with Crippen LogP contribution in [0.5, 0.6) is 17.2 Å². The van der Waals surface area contributed by atoms with E-state index in [-0.39, 0.29) is 12.5 Å². The average Bonchev–Trinajstić information content (AvgIpc) is 3.00. The van der Waals surface area contributed by atoms with Gasteiger partial charge in [-0.1, -0.05) is 6.92 Å². The second-order valence-electron chi connectivity index (χ2n) is 6.11. The van der Waals surface area contributed by atoms with Crippen LogP contribution in [0.1, 0.15) is 26.2 Å². The Balaban J connectivity index is 1.44.